The van der Waals surface area contributed by atoms with Crippen LogP contribution < -0.4 is 0 Å². The van der Waals surface area contributed by atoms with Crippen molar-refractivity contribution in [2.24, 2.45) is 0 Å². The van der Waals surface area contributed by atoms with E-state index in [-0.39, 0.29) is 46.7 Å². The van der Waals surface area contributed by atoms with Crippen LogP contribution in [0.4, 0.5) is 22.0 Å². The number of alkyl halides is 3. The molecule has 1 atom stereocenters. The van der Waals surface area contributed by atoms with E-state index in [4.69, 9.17) is 11.6 Å². The summed E-state index contributed by atoms with van der Waals surface area (Å²) in [5.41, 5.74) is 1.86. The average molecular weight is 481 g/mol. The minimum atomic E-state index is -4.59. The number of H-pyrrole nitrogens is 1. The van der Waals surface area contributed by atoms with Crippen molar-refractivity contribution < 1.29 is 22.0 Å². The molecule has 2 aromatic carbocycles. The zero-order chi connectivity index (χ0) is 23.3. The van der Waals surface area contributed by atoms with Crippen LogP contribution in [0.15, 0.2) is 42.6 Å². The smallest absolute Gasteiger partial charge is 0.340 e. The number of rotatable bonds is 3. The Morgan fingerprint density at radius 3 is 2.52 bits per heavy atom. The molecular formula is C23H18ClF5N4. The van der Waals surface area contributed by atoms with Gasteiger partial charge in [-0.3, -0.25) is 9.88 Å². The molecule has 172 valence electrons. The Morgan fingerprint density at radius 2 is 1.79 bits per heavy atom. The second kappa shape index (κ2) is 8.22. The first-order valence-electron chi connectivity index (χ1n) is 10.4. The molecule has 0 saturated carbocycles. The van der Waals surface area contributed by atoms with Gasteiger partial charge in [-0.15, -0.1) is 0 Å². The minimum absolute atomic E-state index is 0.0222. The Balaban J connectivity index is 1.42. The largest absolute Gasteiger partial charge is 0.411 e. The van der Waals surface area contributed by atoms with Crippen molar-refractivity contribution in [3.8, 4) is 0 Å². The first kappa shape index (κ1) is 22.0. The molecule has 5 rings (SSSR count). The van der Waals surface area contributed by atoms with Gasteiger partial charge in [0, 0.05) is 17.6 Å². The van der Waals surface area contributed by atoms with E-state index in [9.17, 15) is 22.0 Å². The molecule has 1 fully saturated rings. The summed E-state index contributed by atoms with van der Waals surface area (Å²) >= 11 is 5.76. The van der Waals surface area contributed by atoms with E-state index in [2.05, 4.69) is 15.0 Å². The van der Waals surface area contributed by atoms with Crippen molar-refractivity contribution in [1.29, 1.82) is 0 Å². The molecule has 1 aliphatic rings. The van der Waals surface area contributed by atoms with Gasteiger partial charge >= 0.3 is 6.18 Å². The van der Waals surface area contributed by atoms with Crippen molar-refractivity contribution in [2.75, 3.05) is 13.1 Å². The van der Waals surface area contributed by atoms with Crippen LogP contribution in [0.5, 0.6) is 0 Å². The number of nitrogens with zero attached hydrogens (tertiary/aromatic N) is 3. The molecule has 0 radical (unpaired) electrons. The predicted octanol–water partition coefficient (Wildman–Crippen LogP) is 6.53. The molecule has 0 bridgehead atoms. The molecule has 1 saturated heterocycles. The van der Waals surface area contributed by atoms with Gasteiger partial charge < -0.3 is 4.98 Å². The number of piperidine rings is 1. The summed E-state index contributed by atoms with van der Waals surface area (Å²) in [6.07, 6.45) is -2.03. The lowest BCUT2D eigenvalue weighted by atomic mass is 9.87. The van der Waals surface area contributed by atoms with Crippen LogP contribution in [0, 0.1) is 11.6 Å². The van der Waals surface area contributed by atoms with Gasteiger partial charge in [-0.1, -0.05) is 11.6 Å². The van der Waals surface area contributed by atoms with Crippen LogP contribution >= 0.6 is 11.6 Å². The fourth-order valence-electron chi connectivity index (χ4n) is 4.65. The Kier molecular flexibility index (Phi) is 5.49. The quantitative estimate of drug-likeness (QED) is 0.339. The van der Waals surface area contributed by atoms with E-state index < -0.39 is 18.0 Å². The topological polar surface area (TPSA) is 44.8 Å². The van der Waals surface area contributed by atoms with Gasteiger partial charge in [0.15, 0.2) is 6.04 Å². The van der Waals surface area contributed by atoms with Gasteiger partial charge in [0.05, 0.1) is 21.6 Å². The molecule has 2 aromatic heterocycles. The highest BCUT2D eigenvalue weighted by Gasteiger charge is 2.47. The number of benzene rings is 2. The molecule has 33 heavy (non-hydrogen) atoms. The first-order valence-corrected chi connectivity index (χ1v) is 10.8. The third-order valence-electron chi connectivity index (χ3n) is 6.18. The standard InChI is InChI=1S/C23H18ClF5N4/c24-16-10-19-20(11-17(16)26)32-22(31-19)21(23(27,28)29)33-7-4-12(5-8-33)14-3-6-30-18-2-1-13(25)9-15(14)18/h1-3,6,9-12,21H,4-5,7-8H2,(H,31,32). The van der Waals surface area contributed by atoms with Crippen molar-refractivity contribution in [3.05, 3.63) is 70.6 Å². The normalized spacial score (nSPS) is 17.2. The SMILES string of the molecule is Fc1ccc2nccc(C3CCN(C(c4nc5cc(F)c(Cl)cc5[nH]4)C(F)(F)F)CC3)c2c1. The summed E-state index contributed by atoms with van der Waals surface area (Å²) in [6.45, 7) is 0.334. The van der Waals surface area contributed by atoms with E-state index >= 15 is 0 Å². The average Bonchev–Trinajstić information content (AvgIpc) is 3.15. The van der Waals surface area contributed by atoms with E-state index in [0.717, 1.165) is 11.6 Å². The van der Waals surface area contributed by atoms with Gasteiger partial charge in [0.2, 0.25) is 0 Å². The van der Waals surface area contributed by atoms with Crippen molar-refractivity contribution in [3.63, 3.8) is 0 Å². The van der Waals surface area contributed by atoms with Gasteiger partial charge in [-0.2, -0.15) is 13.2 Å². The molecule has 1 unspecified atom stereocenters. The Hall–Kier alpha value is -2.78. The molecule has 4 nitrogen and oxygen atoms in total. The van der Waals surface area contributed by atoms with Gasteiger partial charge in [0.25, 0.3) is 0 Å². The Bertz CT molecular complexity index is 1290. The maximum atomic E-state index is 14.1. The third kappa shape index (κ3) is 4.15. The highest BCUT2D eigenvalue weighted by molar-refractivity contribution is 6.31. The number of halogens is 6. The van der Waals surface area contributed by atoms with Crippen molar-refractivity contribution >= 4 is 33.5 Å². The highest BCUT2D eigenvalue weighted by Crippen LogP contribution is 2.41. The molecule has 10 heteroatoms. The fourth-order valence-corrected chi connectivity index (χ4v) is 4.82. The number of fused-ring (bicyclic) bond motifs is 2. The summed E-state index contributed by atoms with van der Waals surface area (Å²) in [4.78, 5) is 12.3. The summed E-state index contributed by atoms with van der Waals surface area (Å²) < 4.78 is 69.8. The number of hydrogen-bond acceptors (Lipinski definition) is 3. The van der Waals surface area contributed by atoms with E-state index in [0.29, 0.717) is 23.7 Å². The summed E-state index contributed by atoms with van der Waals surface area (Å²) in [5.74, 6) is -1.44. The maximum Gasteiger partial charge on any atom is 0.411 e. The second-order valence-corrected chi connectivity index (χ2v) is 8.63. The third-order valence-corrected chi connectivity index (χ3v) is 6.47. The first-order chi connectivity index (χ1) is 15.7. The van der Waals surface area contributed by atoms with Crippen molar-refractivity contribution in [1.82, 2.24) is 19.9 Å². The molecular weight excluding hydrogens is 463 g/mol. The van der Waals surface area contributed by atoms with Gasteiger partial charge in [-0.05, 0) is 67.7 Å². The summed E-state index contributed by atoms with van der Waals surface area (Å²) in [6, 6.07) is 6.45. The Morgan fingerprint density at radius 1 is 1.03 bits per heavy atom. The summed E-state index contributed by atoms with van der Waals surface area (Å²) in [5, 5.41) is 0.489. The van der Waals surface area contributed by atoms with E-state index in [1.807, 2.05) is 0 Å². The van der Waals surface area contributed by atoms with E-state index in [1.54, 1.807) is 18.3 Å². The lowest BCUT2D eigenvalue weighted by Crippen LogP contribution is -2.43. The molecule has 1 N–H and O–H groups in total. The zero-order valence-electron chi connectivity index (χ0n) is 17.1. The fraction of sp³-hybridized carbons (Fsp3) is 0.304. The molecule has 1 aliphatic heterocycles. The molecule has 0 amide bonds. The van der Waals surface area contributed by atoms with Crippen LogP contribution in [-0.4, -0.2) is 39.1 Å². The molecule has 0 aliphatic carbocycles. The zero-order valence-corrected chi connectivity index (χ0v) is 17.9. The number of nitrogens with one attached hydrogen (secondary N) is 1. The minimum Gasteiger partial charge on any atom is -0.340 e. The molecule has 0 spiro atoms. The molecule has 4 aromatic rings. The maximum absolute atomic E-state index is 14.1. The second-order valence-electron chi connectivity index (χ2n) is 8.22. The lowest BCUT2D eigenvalue weighted by molar-refractivity contribution is -0.191. The number of aromatic nitrogens is 3. The van der Waals surface area contributed by atoms with Crippen LogP contribution in [0.3, 0.4) is 0 Å². The van der Waals surface area contributed by atoms with Gasteiger partial charge in [0.1, 0.15) is 17.5 Å². The number of pyridine rings is 1. The highest BCUT2D eigenvalue weighted by atomic mass is 35.5. The number of likely N-dealkylation sites (tertiary alicyclic amines) is 1. The number of hydrogen-bond donors (Lipinski definition) is 1. The Labute approximate surface area is 190 Å². The summed E-state index contributed by atoms with van der Waals surface area (Å²) in [7, 11) is 0. The number of aromatic amines is 1. The van der Waals surface area contributed by atoms with Crippen LogP contribution in [0.25, 0.3) is 21.9 Å². The van der Waals surface area contributed by atoms with Crippen LogP contribution in [-0.2, 0) is 0 Å². The lowest BCUT2D eigenvalue weighted by Gasteiger charge is -2.37. The predicted molar refractivity (Wildman–Crippen MR) is 115 cm³/mol. The monoisotopic (exact) mass is 480 g/mol. The number of imidazole rings is 1. The van der Waals surface area contributed by atoms with Gasteiger partial charge in [-0.25, -0.2) is 13.8 Å². The van der Waals surface area contributed by atoms with Crippen LogP contribution in [0.1, 0.15) is 36.2 Å². The van der Waals surface area contributed by atoms with Crippen molar-refractivity contribution in [2.45, 2.75) is 31.0 Å². The van der Waals surface area contributed by atoms with Crippen LogP contribution in [0.2, 0.25) is 5.02 Å². The molecule has 3 heterocycles. The van der Waals surface area contributed by atoms with E-state index in [1.165, 1.54) is 23.1 Å².